The maximum absolute atomic E-state index is 4.90. The quantitative estimate of drug-likeness (QED) is 0.128. The molecule has 0 saturated carbocycles. The summed E-state index contributed by atoms with van der Waals surface area (Å²) in [6.45, 7) is 6.23. The molecule has 0 radical (unpaired) electrons. The molecule has 0 spiro atoms. The van der Waals surface area contributed by atoms with E-state index in [4.69, 9.17) is 4.98 Å². The molecule has 1 nitrogen and oxygen atoms in total. The Morgan fingerprint density at radius 3 is 1.88 bits per heavy atom. The molecule has 0 fully saturated rings. The Hall–Kier alpha value is -6.09. The van der Waals surface area contributed by atoms with Crippen LogP contribution in [-0.4, -0.2) is 4.98 Å². The largest absolute Gasteiger partial charge is 0.236 e. The molecule has 50 heavy (non-hydrogen) atoms. The summed E-state index contributed by atoms with van der Waals surface area (Å²) < 4.78 is 1.21. The Labute approximate surface area is 296 Å². The van der Waals surface area contributed by atoms with Crippen LogP contribution in [0.2, 0.25) is 0 Å². The van der Waals surface area contributed by atoms with Crippen molar-refractivity contribution in [2.45, 2.75) is 6.92 Å². The predicted molar refractivity (Wildman–Crippen MR) is 218 cm³/mol. The molecule has 0 aliphatic rings. The van der Waals surface area contributed by atoms with Gasteiger partial charge in [-0.15, -0.1) is 11.3 Å². The van der Waals surface area contributed by atoms with Crippen molar-refractivity contribution < 1.29 is 0 Å². The summed E-state index contributed by atoms with van der Waals surface area (Å²) in [4.78, 5) is 4.90. The van der Waals surface area contributed by atoms with Gasteiger partial charge >= 0.3 is 0 Å². The number of fused-ring (bicyclic) bond motifs is 4. The Balaban J connectivity index is 1.19. The van der Waals surface area contributed by atoms with E-state index >= 15 is 0 Å². The first kappa shape index (κ1) is 30.0. The Kier molecular flexibility index (Phi) is 7.45. The number of rotatable bonds is 6. The zero-order chi connectivity index (χ0) is 33.6. The van der Waals surface area contributed by atoms with Crippen molar-refractivity contribution in [2.24, 2.45) is 0 Å². The number of hydrogen-bond acceptors (Lipinski definition) is 2. The molecule has 0 bridgehead atoms. The van der Waals surface area contributed by atoms with Crippen LogP contribution < -0.4 is 0 Å². The highest BCUT2D eigenvalue weighted by Gasteiger charge is 2.17. The third kappa shape index (κ3) is 5.22. The highest BCUT2D eigenvalue weighted by Crippen LogP contribution is 2.44. The normalized spacial score (nSPS) is 11.9. The summed E-state index contributed by atoms with van der Waals surface area (Å²) in [5.41, 5.74) is 12.0. The third-order valence-electron chi connectivity index (χ3n) is 9.78. The fourth-order valence-corrected chi connectivity index (χ4v) is 8.33. The number of nitrogens with zero attached hydrogens (tertiary/aromatic N) is 1. The minimum atomic E-state index is 1.05. The van der Waals surface area contributed by atoms with Crippen LogP contribution in [0.25, 0.3) is 92.1 Å². The van der Waals surface area contributed by atoms with Crippen molar-refractivity contribution in [2.75, 3.05) is 0 Å². The summed E-state index contributed by atoms with van der Waals surface area (Å²) in [5, 5.41) is 8.47. The molecule has 1 heterocycles. The first-order valence-corrected chi connectivity index (χ1v) is 17.8. The third-order valence-corrected chi connectivity index (χ3v) is 10.9. The number of allylic oxidation sites excluding steroid dienone is 3. The van der Waals surface area contributed by atoms with Crippen LogP contribution in [0.4, 0.5) is 0 Å². The van der Waals surface area contributed by atoms with Crippen LogP contribution in [-0.2, 0) is 0 Å². The molecule has 0 amide bonds. The van der Waals surface area contributed by atoms with E-state index in [1.54, 1.807) is 11.3 Å². The number of aromatic nitrogens is 1. The van der Waals surface area contributed by atoms with Crippen LogP contribution in [0.3, 0.4) is 0 Å². The second kappa shape index (κ2) is 12.4. The monoisotopic (exact) mass is 655 g/mol. The molecule has 0 aliphatic carbocycles. The Bertz CT molecular complexity index is 2730. The zero-order valence-corrected chi connectivity index (χ0v) is 28.5. The lowest BCUT2D eigenvalue weighted by Gasteiger charge is -2.19. The standard InChI is InChI=1S/C48H33NS/c1-3-11-31(2)46-40-14-7-8-15-41(40)47(34-20-18-33(19-21-34)32-12-5-4-6-13-32)42-27-26-38(30-43(42)46)36-22-23-37-29-39(25-24-35(37)28-36)48-49-44-16-9-10-17-45(44)50-48/h3-30H,1H2,2H3/b31-11+. The van der Waals surface area contributed by atoms with Crippen molar-refractivity contribution in [3.05, 3.63) is 182 Å². The van der Waals surface area contributed by atoms with E-state index in [9.17, 15) is 0 Å². The van der Waals surface area contributed by atoms with Crippen molar-refractivity contribution in [1.29, 1.82) is 0 Å². The molecule has 9 rings (SSSR count). The molecule has 236 valence electrons. The maximum atomic E-state index is 4.90. The van der Waals surface area contributed by atoms with E-state index in [2.05, 4.69) is 171 Å². The molecular weight excluding hydrogens is 623 g/mol. The molecule has 2 heteroatoms. The summed E-state index contributed by atoms with van der Waals surface area (Å²) in [5.74, 6) is 0. The van der Waals surface area contributed by atoms with Gasteiger partial charge < -0.3 is 0 Å². The van der Waals surface area contributed by atoms with Crippen molar-refractivity contribution in [1.82, 2.24) is 4.98 Å². The van der Waals surface area contributed by atoms with Gasteiger partial charge in [0, 0.05) is 5.56 Å². The topological polar surface area (TPSA) is 12.9 Å². The molecule has 0 N–H and O–H groups in total. The van der Waals surface area contributed by atoms with E-state index in [-0.39, 0.29) is 0 Å². The molecule has 1 aromatic heterocycles. The molecule has 8 aromatic carbocycles. The molecule has 9 aromatic rings. The van der Waals surface area contributed by atoms with Crippen LogP contribution in [0, 0.1) is 0 Å². The minimum absolute atomic E-state index is 1.05. The van der Waals surface area contributed by atoms with E-state index < -0.39 is 0 Å². The van der Waals surface area contributed by atoms with Gasteiger partial charge in [-0.2, -0.15) is 0 Å². The summed E-state index contributed by atoms with van der Waals surface area (Å²) in [6.07, 6.45) is 4.02. The van der Waals surface area contributed by atoms with Crippen LogP contribution in [0.1, 0.15) is 12.5 Å². The second-order valence-electron chi connectivity index (χ2n) is 12.8. The van der Waals surface area contributed by atoms with E-state index in [1.807, 2.05) is 12.1 Å². The first-order valence-electron chi connectivity index (χ1n) is 17.0. The van der Waals surface area contributed by atoms with Gasteiger partial charge in [-0.05, 0) is 114 Å². The molecule has 0 atom stereocenters. The predicted octanol–water partition coefficient (Wildman–Crippen LogP) is 14.0. The second-order valence-corrected chi connectivity index (χ2v) is 13.9. The van der Waals surface area contributed by atoms with Gasteiger partial charge in [-0.3, -0.25) is 0 Å². The lowest BCUT2D eigenvalue weighted by atomic mass is 9.84. The van der Waals surface area contributed by atoms with Crippen molar-refractivity contribution >= 4 is 59.4 Å². The van der Waals surface area contributed by atoms with Crippen LogP contribution in [0.15, 0.2) is 176 Å². The number of hydrogen-bond donors (Lipinski definition) is 0. The maximum Gasteiger partial charge on any atom is 0.124 e. The molecule has 0 saturated heterocycles. The van der Waals surface area contributed by atoms with Crippen LogP contribution in [0.5, 0.6) is 0 Å². The fraction of sp³-hybridized carbons (Fsp3) is 0.0208. The van der Waals surface area contributed by atoms with Gasteiger partial charge in [0.25, 0.3) is 0 Å². The first-order chi connectivity index (χ1) is 24.6. The van der Waals surface area contributed by atoms with Crippen molar-refractivity contribution in [3.8, 4) is 44.0 Å². The van der Waals surface area contributed by atoms with Gasteiger partial charge in [0.05, 0.1) is 10.2 Å². The Morgan fingerprint density at radius 2 is 1.10 bits per heavy atom. The smallest absolute Gasteiger partial charge is 0.124 e. The van der Waals surface area contributed by atoms with E-state index in [0.717, 1.165) is 16.1 Å². The summed E-state index contributed by atoms with van der Waals surface area (Å²) >= 11 is 1.74. The van der Waals surface area contributed by atoms with Gasteiger partial charge in [0.15, 0.2) is 0 Å². The zero-order valence-electron chi connectivity index (χ0n) is 27.7. The van der Waals surface area contributed by atoms with Crippen LogP contribution >= 0.6 is 11.3 Å². The molecule has 0 aliphatic heterocycles. The highest BCUT2D eigenvalue weighted by molar-refractivity contribution is 7.21. The summed E-state index contributed by atoms with van der Waals surface area (Å²) in [7, 11) is 0. The number of thiazole rings is 1. The summed E-state index contributed by atoms with van der Waals surface area (Å²) in [6, 6.07) is 57.3. The minimum Gasteiger partial charge on any atom is -0.236 e. The molecule has 0 unspecified atom stereocenters. The van der Waals surface area contributed by atoms with Gasteiger partial charge in [-0.25, -0.2) is 4.98 Å². The lowest BCUT2D eigenvalue weighted by molar-refractivity contribution is 1.48. The van der Waals surface area contributed by atoms with Gasteiger partial charge in [-0.1, -0.05) is 146 Å². The Morgan fingerprint density at radius 1 is 0.520 bits per heavy atom. The fourth-order valence-electron chi connectivity index (χ4n) is 7.37. The number of benzene rings is 8. The van der Waals surface area contributed by atoms with Gasteiger partial charge in [0.1, 0.15) is 5.01 Å². The number of para-hydroxylation sites is 1. The van der Waals surface area contributed by atoms with Crippen molar-refractivity contribution in [3.63, 3.8) is 0 Å². The average Bonchev–Trinajstić information content (AvgIpc) is 3.61. The van der Waals surface area contributed by atoms with E-state index in [0.29, 0.717) is 0 Å². The SMILES string of the molecule is C=C/C=C(\C)c1c2ccccc2c(-c2ccc(-c3ccccc3)cc2)c2ccc(-c3ccc4cc(-c5nc6ccccc6s5)ccc4c3)cc12. The van der Waals surface area contributed by atoms with E-state index in [1.165, 1.54) is 81.5 Å². The average molecular weight is 656 g/mol. The molecular formula is C48H33NS. The van der Waals surface area contributed by atoms with Gasteiger partial charge in [0.2, 0.25) is 0 Å². The lowest BCUT2D eigenvalue weighted by Crippen LogP contribution is -1.93. The highest BCUT2D eigenvalue weighted by atomic mass is 32.1.